The third-order valence-electron chi connectivity index (χ3n) is 3.99. The van der Waals surface area contributed by atoms with Crippen LogP contribution in [0.3, 0.4) is 0 Å². The molecule has 1 aliphatic rings. The van der Waals surface area contributed by atoms with Gasteiger partial charge in [0.25, 0.3) is 0 Å². The number of nitrogens with zero attached hydrogens (tertiary/aromatic N) is 2. The summed E-state index contributed by atoms with van der Waals surface area (Å²) >= 11 is 0. The van der Waals surface area contributed by atoms with Crippen LogP contribution in [0.25, 0.3) is 0 Å². The molecular formula is C16H35N5O3S. The number of hydrogen-bond donors (Lipinski definition) is 3. The molecule has 1 saturated heterocycles. The molecule has 0 amide bonds. The summed E-state index contributed by atoms with van der Waals surface area (Å²) in [4.78, 5) is 6.95. The fraction of sp³-hybridized carbons (Fsp3) is 0.938. The Morgan fingerprint density at radius 2 is 1.76 bits per heavy atom. The van der Waals surface area contributed by atoms with Crippen LogP contribution in [0.5, 0.6) is 0 Å². The van der Waals surface area contributed by atoms with Crippen LogP contribution in [-0.4, -0.2) is 82.5 Å². The van der Waals surface area contributed by atoms with E-state index in [2.05, 4.69) is 39.1 Å². The Labute approximate surface area is 152 Å². The van der Waals surface area contributed by atoms with Gasteiger partial charge < -0.3 is 15.4 Å². The van der Waals surface area contributed by atoms with Gasteiger partial charge in [-0.05, 0) is 34.6 Å². The summed E-state index contributed by atoms with van der Waals surface area (Å²) in [7, 11) is -3.27. The molecule has 0 unspecified atom stereocenters. The summed E-state index contributed by atoms with van der Waals surface area (Å²) in [6.45, 7) is 15.2. The molecule has 0 saturated carbocycles. The van der Waals surface area contributed by atoms with Crippen LogP contribution in [0.15, 0.2) is 4.99 Å². The molecule has 0 bridgehead atoms. The van der Waals surface area contributed by atoms with Gasteiger partial charge in [-0.1, -0.05) is 0 Å². The number of rotatable bonds is 8. The van der Waals surface area contributed by atoms with Gasteiger partial charge in [-0.15, -0.1) is 0 Å². The second-order valence-electron chi connectivity index (χ2n) is 7.72. The topological polar surface area (TPSA) is 95.1 Å². The van der Waals surface area contributed by atoms with Crippen molar-refractivity contribution in [3.63, 3.8) is 0 Å². The van der Waals surface area contributed by atoms with Gasteiger partial charge in [0, 0.05) is 37.3 Å². The number of hydrogen-bond acceptors (Lipinski definition) is 5. The summed E-state index contributed by atoms with van der Waals surface area (Å²) in [5.41, 5.74) is -0.670. The van der Waals surface area contributed by atoms with Crippen molar-refractivity contribution in [3.05, 3.63) is 0 Å². The maximum absolute atomic E-state index is 11.4. The highest BCUT2D eigenvalue weighted by Crippen LogP contribution is 2.15. The third-order valence-corrected chi connectivity index (χ3v) is 4.92. The molecule has 1 aliphatic heterocycles. The normalized spacial score (nSPS) is 18.2. The predicted octanol–water partition coefficient (Wildman–Crippen LogP) is -0.0199. The molecule has 0 radical (unpaired) electrons. The fourth-order valence-electron chi connectivity index (χ4n) is 2.73. The molecule has 0 aromatic heterocycles. The first kappa shape index (κ1) is 22.1. The van der Waals surface area contributed by atoms with E-state index in [0.29, 0.717) is 12.5 Å². The Balaban J connectivity index is 2.66. The Morgan fingerprint density at radius 3 is 2.28 bits per heavy atom. The molecule has 148 valence electrons. The maximum atomic E-state index is 11.4. The van der Waals surface area contributed by atoms with E-state index in [4.69, 9.17) is 4.74 Å². The van der Waals surface area contributed by atoms with E-state index in [1.807, 2.05) is 20.8 Å². The minimum atomic E-state index is -3.27. The molecule has 8 nitrogen and oxygen atoms in total. The van der Waals surface area contributed by atoms with Gasteiger partial charge in [-0.25, -0.2) is 13.1 Å². The number of aliphatic imine (C=N–C) groups is 1. The van der Waals surface area contributed by atoms with Crippen LogP contribution in [0.1, 0.15) is 34.6 Å². The lowest BCUT2D eigenvalue weighted by Crippen LogP contribution is -2.56. The number of nitrogens with one attached hydrogen (secondary N) is 3. The second-order valence-corrected chi connectivity index (χ2v) is 9.47. The zero-order valence-electron chi connectivity index (χ0n) is 16.5. The molecule has 3 N–H and O–H groups in total. The van der Waals surface area contributed by atoms with Gasteiger partial charge in [-0.2, -0.15) is 0 Å². The van der Waals surface area contributed by atoms with Gasteiger partial charge in [0.05, 0.1) is 26.0 Å². The highest BCUT2D eigenvalue weighted by atomic mass is 32.2. The van der Waals surface area contributed by atoms with E-state index >= 15 is 0 Å². The van der Waals surface area contributed by atoms with Crippen molar-refractivity contribution in [2.45, 2.75) is 45.7 Å². The summed E-state index contributed by atoms with van der Waals surface area (Å²) in [6.07, 6.45) is 1.16. The van der Waals surface area contributed by atoms with Crippen LogP contribution >= 0.6 is 0 Å². The average molecular weight is 378 g/mol. The van der Waals surface area contributed by atoms with Crippen molar-refractivity contribution in [2.24, 2.45) is 4.99 Å². The molecule has 9 heteroatoms. The average Bonchev–Trinajstić information content (AvgIpc) is 2.49. The minimum absolute atomic E-state index is 0.0273. The van der Waals surface area contributed by atoms with Crippen molar-refractivity contribution in [2.75, 3.05) is 52.2 Å². The van der Waals surface area contributed by atoms with E-state index < -0.39 is 15.6 Å². The first-order valence-corrected chi connectivity index (χ1v) is 10.7. The van der Waals surface area contributed by atoms with Crippen molar-refractivity contribution in [3.8, 4) is 0 Å². The zero-order valence-corrected chi connectivity index (χ0v) is 17.3. The molecular weight excluding hydrogens is 342 g/mol. The van der Waals surface area contributed by atoms with E-state index in [0.717, 1.165) is 45.6 Å². The third kappa shape index (κ3) is 8.84. The quantitative estimate of drug-likeness (QED) is 0.406. The van der Waals surface area contributed by atoms with Crippen molar-refractivity contribution < 1.29 is 13.2 Å². The van der Waals surface area contributed by atoms with Crippen LogP contribution in [0.4, 0.5) is 0 Å². The molecule has 0 spiro atoms. The summed E-state index contributed by atoms with van der Waals surface area (Å²) in [5.74, 6) is 0.687. The smallest absolute Gasteiger partial charge is 0.209 e. The van der Waals surface area contributed by atoms with Gasteiger partial charge in [0.15, 0.2) is 5.96 Å². The van der Waals surface area contributed by atoms with E-state index in [9.17, 15) is 8.42 Å². The zero-order chi connectivity index (χ0) is 19.1. The maximum Gasteiger partial charge on any atom is 0.209 e. The molecule has 1 fully saturated rings. The number of morpholine rings is 1. The van der Waals surface area contributed by atoms with E-state index in [1.165, 1.54) is 0 Å². The van der Waals surface area contributed by atoms with Crippen molar-refractivity contribution in [1.29, 1.82) is 0 Å². The van der Waals surface area contributed by atoms with Crippen molar-refractivity contribution >= 4 is 16.0 Å². The molecule has 1 heterocycles. The SMILES string of the molecule is CCNC(=NCC(C)(C)NS(C)(=O)=O)NCC(C)(C)N1CCOCC1. The first-order valence-electron chi connectivity index (χ1n) is 8.79. The van der Waals surface area contributed by atoms with Crippen LogP contribution in [0.2, 0.25) is 0 Å². The summed E-state index contributed by atoms with van der Waals surface area (Å²) in [6, 6.07) is 0. The number of sulfonamides is 1. The van der Waals surface area contributed by atoms with Crippen LogP contribution in [-0.2, 0) is 14.8 Å². The lowest BCUT2D eigenvalue weighted by molar-refractivity contribution is -0.00834. The Bertz CT molecular complexity index is 540. The Hall–Kier alpha value is -0.900. The lowest BCUT2D eigenvalue weighted by Gasteiger charge is -2.41. The Kier molecular flexibility index (Phi) is 8.11. The lowest BCUT2D eigenvalue weighted by atomic mass is 10.0. The van der Waals surface area contributed by atoms with Gasteiger partial charge in [0.2, 0.25) is 10.0 Å². The summed E-state index contributed by atoms with van der Waals surface area (Å²) in [5, 5.41) is 6.58. The molecule has 0 aromatic rings. The summed E-state index contributed by atoms with van der Waals surface area (Å²) < 4.78 is 30.9. The molecule has 25 heavy (non-hydrogen) atoms. The standard InChI is InChI=1S/C16H35N5O3S/c1-7-17-14(18-12-15(2,3)20-25(6,22)23)19-13-16(4,5)21-8-10-24-11-9-21/h20H,7-13H2,1-6H3,(H2,17,18,19). The highest BCUT2D eigenvalue weighted by molar-refractivity contribution is 7.88. The number of ether oxygens (including phenoxy) is 1. The molecule has 0 aliphatic carbocycles. The van der Waals surface area contributed by atoms with Crippen LogP contribution < -0.4 is 15.4 Å². The fourth-order valence-corrected chi connectivity index (χ4v) is 3.80. The second kappa shape index (κ2) is 9.16. The van der Waals surface area contributed by atoms with Crippen LogP contribution in [0, 0.1) is 0 Å². The number of guanidine groups is 1. The molecule has 0 atom stereocenters. The molecule has 1 rings (SSSR count). The Morgan fingerprint density at radius 1 is 1.16 bits per heavy atom. The van der Waals surface area contributed by atoms with E-state index in [-0.39, 0.29) is 5.54 Å². The molecule has 0 aromatic carbocycles. The monoisotopic (exact) mass is 377 g/mol. The van der Waals surface area contributed by atoms with Crippen molar-refractivity contribution in [1.82, 2.24) is 20.3 Å². The predicted molar refractivity (Wildman–Crippen MR) is 103 cm³/mol. The minimum Gasteiger partial charge on any atom is -0.379 e. The van der Waals surface area contributed by atoms with Gasteiger partial charge in [-0.3, -0.25) is 9.89 Å². The first-order chi connectivity index (χ1) is 11.5. The van der Waals surface area contributed by atoms with E-state index in [1.54, 1.807) is 0 Å². The largest absolute Gasteiger partial charge is 0.379 e. The van der Waals surface area contributed by atoms with Gasteiger partial charge >= 0.3 is 0 Å². The highest BCUT2D eigenvalue weighted by Gasteiger charge is 2.28. The van der Waals surface area contributed by atoms with Gasteiger partial charge in [0.1, 0.15) is 0 Å².